The summed E-state index contributed by atoms with van der Waals surface area (Å²) in [6.45, 7) is 1.93. The number of hydrogen-bond donors (Lipinski definition) is 2. The predicted molar refractivity (Wildman–Crippen MR) is 81.8 cm³/mol. The van der Waals surface area contributed by atoms with E-state index in [1.807, 2.05) is 37.3 Å². The maximum Gasteiger partial charge on any atom is 0.156 e. The van der Waals surface area contributed by atoms with E-state index in [4.69, 9.17) is 15.9 Å². The first-order valence-corrected chi connectivity index (χ1v) is 6.48. The number of aryl methyl sites for hydroxylation is 1. The molecule has 0 unspecified atom stereocenters. The van der Waals surface area contributed by atoms with Crippen LogP contribution in [0.3, 0.4) is 0 Å². The molecule has 0 spiro atoms. The second-order valence-electron chi connectivity index (χ2n) is 4.67. The number of aromatic nitrogens is 2. The molecule has 3 aromatic rings. The van der Waals surface area contributed by atoms with Crippen LogP contribution >= 0.6 is 0 Å². The Morgan fingerprint density at radius 1 is 1.14 bits per heavy atom. The molecule has 0 saturated carbocycles. The van der Waals surface area contributed by atoms with Gasteiger partial charge in [-0.05, 0) is 25.1 Å². The van der Waals surface area contributed by atoms with Gasteiger partial charge in [0.15, 0.2) is 11.5 Å². The fourth-order valence-electron chi connectivity index (χ4n) is 2.10. The number of nitrogen functional groups attached to an aromatic ring is 1. The zero-order valence-electron chi connectivity index (χ0n) is 11.5. The molecule has 3 N–H and O–H groups in total. The average Bonchev–Trinajstić information content (AvgIpc) is 2.48. The molecule has 0 saturated heterocycles. The van der Waals surface area contributed by atoms with E-state index in [1.54, 1.807) is 18.5 Å². The van der Waals surface area contributed by atoms with E-state index in [0.29, 0.717) is 17.1 Å². The molecule has 0 fully saturated rings. The fourth-order valence-corrected chi connectivity index (χ4v) is 2.10. The van der Waals surface area contributed by atoms with Gasteiger partial charge in [-0.3, -0.25) is 10.4 Å². The summed E-state index contributed by atoms with van der Waals surface area (Å²) in [5.74, 6) is 1.00. The van der Waals surface area contributed by atoms with E-state index in [2.05, 4.69) is 9.97 Å². The molecule has 0 radical (unpaired) electrons. The van der Waals surface area contributed by atoms with Crippen molar-refractivity contribution < 1.29 is 4.74 Å². The van der Waals surface area contributed by atoms with Gasteiger partial charge < -0.3 is 10.5 Å². The number of amidine groups is 1. The molecule has 0 aliphatic heterocycles. The lowest BCUT2D eigenvalue weighted by molar-refractivity contribution is 0.483. The van der Waals surface area contributed by atoms with Crippen molar-refractivity contribution in [3.8, 4) is 11.5 Å². The van der Waals surface area contributed by atoms with Gasteiger partial charge in [-0.15, -0.1) is 0 Å². The van der Waals surface area contributed by atoms with Crippen LogP contribution in [0.1, 0.15) is 11.3 Å². The Morgan fingerprint density at radius 3 is 2.81 bits per heavy atom. The van der Waals surface area contributed by atoms with Crippen molar-refractivity contribution >= 4 is 16.7 Å². The van der Waals surface area contributed by atoms with Crippen LogP contribution in [0.5, 0.6) is 11.5 Å². The van der Waals surface area contributed by atoms with Gasteiger partial charge in [-0.1, -0.05) is 18.2 Å². The summed E-state index contributed by atoms with van der Waals surface area (Å²) < 4.78 is 5.89. The van der Waals surface area contributed by atoms with E-state index in [-0.39, 0.29) is 5.84 Å². The molecule has 0 amide bonds. The van der Waals surface area contributed by atoms with E-state index < -0.39 is 0 Å². The summed E-state index contributed by atoms with van der Waals surface area (Å²) >= 11 is 0. The first-order valence-electron chi connectivity index (χ1n) is 6.48. The quantitative estimate of drug-likeness (QED) is 0.569. The molecule has 1 aromatic carbocycles. The van der Waals surface area contributed by atoms with Crippen molar-refractivity contribution in [3.63, 3.8) is 0 Å². The molecule has 2 heterocycles. The zero-order valence-corrected chi connectivity index (χ0v) is 11.5. The summed E-state index contributed by atoms with van der Waals surface area (Å²) in [5.41, 5.74) is 7.76. The Labute approximate surface area is 121 Å². The molecule has 2 aromatic heterocycles. The number of nitrogens with zero attached hydrogens (tertiary/aromatic N) is 2. The molecule has 3 rings (SSSR count). The monoisotopic (exact) mass is 278 g/mol. The molecular weight excluding hydrogens is 264 g/mol. The predicted octanol–water partition coefficient (Wildman–Crippen LogP) is 3.01. The smallest absolute Gasteiger partial charge is 0.156 e. The minimum atomic E-state index is -0.0585. The van der Waals surface area contributed by atoms with Gasteiger partial charge in [-0.2, -0.15) is 0 Å². The Bertz CT molecular complexity index is 829. The average molecular weight is 278 g/mol. The molecule has 5 heteroatoms. The number of nitrogens with one attached hydrogen (secondary N) is 1. The van der Waals surface area contributed by atoms with Crippen molar-refractivity contribution in [1.29, 1.82) is 5.41 Å². The van der Waals surface area contributed by atoms with Crippen molar-refractivity contribution in [1.82, 2.24) is 9.97 Å². The van der Waals surface area contributed by atoms with Crippen molar-refractivity contribution in [3.05, 3.63) is 60.0 Å². The number of hydrogen-bond acceptors (Lipinski definition) is 4. The topological polar surface area (TPSA) is 84.9 Å². The highest BCUT2D eigenvalue weighted by Crippen LogP contribution is 2.30. The summed E-state index contributed by atoms with van der Waals surface area (Å²) in [7, 11) is 0. The second-order valence-corrected chi connectivity index (χ2v) is 4.67. The molecule has 0 bridgehead atoms. The van der Waals surface area contributed by atoms with Crippen molar-refractivity contribution in [2.75, 3.05) is 0 Å². The van der Waals surface area contributed by atoms with Crippen molar-refractivity contribution in [2.45, 2.75) is 6.92 Å². The normalized spacial score (nSPS) is 10.5. The van der Waals surface area contributed by atoms with Gasteiger partial charge in [-0.25, -0.2) is 4.98 Å². The zero-order chi connectivity index (χ0) is 14.8. The van der Waals surface area contributed by atoms with Gasteiger partial charge in [0.1, 0.15) is 11.4 Å². The lowest BCUT2D eigenvalue weighted by Gasteiger charge is -2.11. The molecule has 0 atom stereocenters. The SMILES string of the molecule is Cc1ccc2cccc(Oc3cnccc3C(=N)N)c2n1. The lowest BCUT2D eigenvalue weighted by atomic mass is 10.2. The summed E-state index contributed by atoms with van der Waals surface area (Å²) in [6.07, 6.45) is 3.13. The maximum atomic E-state index is 7.59. The van der Waals surface area contributed by atoms with E-state index in [0.717, 1.165) is 16.6 Å². The van der Waals surface area contributed by atoms with Crippen LogP contribution in [-0.2, 0) is 0 Å². The summed E-state index contributed by atoms with van der Waals surface area (Å²) in [6, 6.07) is 11.3. The number of para-hydroxylation sites is 1. The number of pyridine rings is 2. The minimum Gasteiger partial charge on any atom is -0.453 e. The summed E-state index contributed by atoms with van der Waals surface area (Å²) in [4.78, 5) is 8.54. The Morgan fingerprint density at radius 2 is 2.00 bits per heavy atom. The highest BCUT2D eigenvalue weighted by atomic mass is 16.5. The number of rotatable bonds is 3. The van der Waals surface area contributed by atoms with E-state index in [1.165, 1.54) is 0 Å². The number of nitrogens with two attached hydrogens (primary N) is 1. The third-order valence-corrected chi connectivity index (χ3v) is 3.12. The first kappa shape index (κ1) is 13.1. The summed E-state index contributed by atoms with van der Waals surface area (Å²) in [5, 5.41) is 8.59. The molecule has 21 heavy (non-hydrogen) atoms. The highest BCUT2D eigenvalue weighted by molar-refractivity contribution is 5.97. The van der Waals surface area contributed by atoms with Gasteiger partial charge >= 0.3 is 0 Å². The first-order chi connectivity index (χ1) is 10.1. The van der Waals surface area contributed by atoms with Crippen LogP contribution < -0.4 is 10.5 Å². The van der Waals surface area contributed by atoms with Crippen LogP contribution in [0, 0.1) is 12.3 Å². The van der Waals surface area contributed by atoms with Crippen LogP contribution in [0.15, 0.2) is 48.8 Å². The largest absolute Gasteiger partial charge is 0.453 e. The lowest BCUT2D eigenvalue weighted by Crippen LogP contribution is -2.12. The Kier molecular flexibility index (Phi) is 3.23. The van der Waals surface area contributed by atoms with Crippen LogP contribution in [0.4, 0.5) is 0 Å². The van der Waals surface area contributed by atoms with Crippen LogP contribution in [0.25, 0.3) is 10.9 Å². The van der Waals surface area contributed by atoms with Gasteiger partial charge in [0.2, 0.25) is 0 Å². The molecule has 104 valence electrons. The number of fused-ring (bicyclic) bond motifs is 1. The fraction of sp³-hybridized carbons (Fsp3) is 0.0625. The molecule has 5 nitrogen and oxygen atoms in total. The highest BCUT2D eigenvalue weighted by Gasteiger charge is 2.10. The van der Waals surface area contributed by atoms with Gasteiger partial charge in [0, 0.05) is 17.3 Å². The van der Waals surface area contributed by atoms with Crippen LogP contribution in [0.2, 0.25) is 0 Å². The minimum absolute atomic E-state index is 0.0585. The molecule has 0 aliphatic carbocycles. The van der Waals surface area contributed by atoms with Crippen LogP contribution in [-0.4, -0.2) is 15.8 Å². The van der Waals surface area contributed by atoms with Crippen molar-refractivity contribution in [2.24, 2.45) is 5.73 Å². The number of benzene rings is 1. The molecular formula is C16H14N4O. The second kappa shape index (κ2) is 5.20. The standard InChI is InChI=1S/C16H14N4O/c1-10-5-6-11-3-2-4-13(15(11)20-10)21-14-9-19-8-7-12(14)16(17)18/h2-9H,1H3,(H3,17,18). The third kappa shape index (κ3) is 2.53. The van der Waals surface area contributed by atoms with Gasteiger partial charge in [0.05, 0.1) is 11.8 Å². The number of ether oxygens (including phenoxy) is 1. The van der Waals surface area contributed by atoms with E-state index >= 15 is 0 Å². The third-order valence-electron chi connectivity index (χ3n) is 3.12. The Balaban J connectivity index is 2.11. The van der Waals surface area contributed by atoms with Gasteiger partial charge in [0.25, 0.3) is 0 Å². The Hall–Kier alpha value is -2.95. The maximum absolute atomic E-state index is 7.59. The van der Waals surface area contributed by atoms with E-state index in [9.17, 15) is 0 Å². The molecule has 0 aliphatic rings.